The number of nitrogens with one attached hydrogen (secondary N) is 4. The van der Waals surface area contributed by atoms with Gasteiger partial charge in [0.1, 0.15) is 17.5 Å². The molecule has 1 saturated heterocycles. The number of fused-ring (bicyclic) bond motifs is 1. The van der Waals surface area contributed by atoms with Gasteiger partial charge in [-0.05, 0) is 48.7 Å². The molecule has 2 amide bonds. The quantitative estimate of drug-likeness (QED) is 0.259. The van der Waals surface area contributed by atoms with E-state index < -0.39 is 0 Å². The van der Waals surface area contributed by atoms with Gasteiger partial charge in [-0.25, -0.2) is 0 Å². The van der Waals surface area contributed by atoms with E-state index in [9.17, 15) is 9.59 Å². The van der Waals surface area contributed by atoms with E-state index >= 15 is 0 Å². The molecule has 4 N–H and O–H groups in total. The molecular weight excluding hydrogens is 500 g/mol. The zero-order chi connectivity index (χ0) is 26.9. The standard InChI is InChI=1S/C28H28N6O5/c1-29-25(35)16-5-3-15(4-6-16)20-12-30-24-23(20)27(39-19-8-9-19)34-28(33-24)32-21-10-7-17(11-22(21)37-2)26(36)31-18-13-38-14-18/h3-7,10-12,18-19H,8-9,13-14H2,1-2H3,(H,29,35)(H,31,36)(H2,30,32,33,34). The fourth-order valence-corrected chi connectivity index (χ4v) is 4.30. The number of anilines is 2. The number of ether oxygens (including phenoxy) is 3. The maximum Gasteiger partial charge on any atom is 0.251 e. The van der Waals surface area contributed by atoms with Crippen LogP contribution in [0.25, 0.3) is 22.2 Å². The lowest BCUT2D eigenvalue weighted by Crippen LogP contribution is -2.48. The van der Waals surface area contributed by atoms with Gasteiger partial charge in [-0.15, -0.1) is 0 Å². The first-order valence-electron chi connectivity index (χ1n) is 12.7. The van der Waals surface area contributed by atoms with Crippen LogP contribution in [0.3, 0.4) is 0 Å². The highest BCUT2D eigenvalue weighted by Crippen LogP contribution is 2.38. The number of aromatic nitrogens is 3. The molecule has 11 heteroatoms. The lowest BCUT2D eigenvalue weighted by molar-refractivity contribution is -0.00346. The topological polar surface area (TPSA) is 139 Å². The van der Waals surface area contributed by atoms with Gasteiger partial charge in [0.15, 0.2) is 0 Å². The largest absolute Gasteiger partial charge is 0.495 e. The molecule has 1 saturated carbocycles. The zero-order valence-electron chi connectivity index (χ0n) is 21.5. The van der Waals surface area contributed by atoms with Crippen LogP contribution in [-0.4, -0.2) is 66.3 Å². The number of carbonyl (C=O) groups excluding carboxylic acids is 2. The Labute approximate surface area is 224 Å². The van der Waals surface area contributed by atoms with Crippen molar-refractivity contribution in [1.29, 1.82) is 0 Å². The van der Waals surface area contributed by atoms with Gasteiger partial charge >= 0.3 is 0 Å². The van der Waals surface area contributed by atoms with Crippen molar-refractivity contribution < 1.29 is 23.8 Å². The van der Waals surface area contributed by atoms with Crippen LogP contribution in [0.2, 0.25) is 0 Å². The number of hydrogen-bond acceptors (Lipinski definition) is 8. The molecule has 0 unspecified atom stereocenters. The van der Waals surface area contributed by atoms with Crippen LogP contribution in [0, 0.1) is 0 Å². The molecule has 2 aromatic heterocycles. The van der Waals surface area contributed by atoms with Crippen molar-refractivity contribution >= 4 is 34.5 Å². The Bertz CT molecular complexity index is 1540. The van der Waals surface area contributed by atoms with Crippen LogP contribution in [-0.2, 0) is 4.74 Å². The fraction of sp³-hybridized carbons (Fsp3) is 0.286. The van der Waals surface area contributed by atoms with Crippen molar-refractivity contribution in [3.63, 3.8) is 0 Å². The monoisotopic (exact) mass is 528 g/mol. The molecule has 3 heterocycles. The summed E-state index contributed by atoms with van der Waals surface area (Å²) in [5, 5.41) is 9.53. The molecule has 6 rings (SSSR count). The molecule has 0 atom stereocenters. The average molecular weight is 529 g/mol. The zero-order valence-corrected chi connectivity index (χ0v) is 21.5. The van der Waals surface area contributed by atoms with Crippen LogP contribution in [0.5, 0.6) is 11.6 Å². The Morgan fingerprint density at radius 3 is 2.46 bits per heavy atom. The third-order valence-corrected chi connectivity index (χ3v) is 6.67. The summed E-state index contributed by atoms with van der Waals surface area (Å²) in [7, 11) is 3.15. The van der Waals surface area contributed by atoms with E-state index in [1.54, 1.807) is 44.5 Å². The number of carbonyl (C=O) groups is 2. The highest BCUT2D eigenvalue weighted by molar-refractivity contribution is 5.99. The predicted molar refractivity (Wildman–Crippen MR) is 145 cm³/mol. The number of nitrogens with zero attached hydrogens (tertiary/aromatic N) is 2. The van der Waals surface area contributed by atoms with Gasteiger partial charge < -0.3 is 35.1 Å². The van der Waals surface area contributed by atoms with E-state index in [-0.39, 0.29) is 24.0 Å². The molecule has 4 aromatic rings. The van der Waals surface area contributed by atoms with Gasteiger partial charge in [-0.3, -0.25) is 9.59 Å². The number of aromatic amines is 1. The maximum absolute atomic E-state index is 12.6. The molecular formula is C28H28N6O5. The number of methoxy groups -OCH3 is 1. The van der Waals surface area contributed by atoms with Crippen molar-refractivity contribution in [2.24, 2.45) is 0 Å². The van der Waals surface area contributed by atoms with Crippen molar-refractivity contribution in [1.82, 2.24) is 25.6 Å². The first kappa shape index (κ1) is 24.7. The first-order chi connectivity index (χ1) is 19.0. The minimum Gasteiger partial charge on any atom is -0.495 e. The van der Waals surface area contributed by atoms with Gasteiger partial charge in [-0.2, -0.15) is 9.97 Å². The van der Waals surface area contributed by atoms with Crippen LogP contribution in [0.15, 0.2) is 48.7 Å². The molecule has 0 spiro atoms. The smallest absolute Gasteiger partial charge is 0.251 e. The Morgan fingerprint density at radius 2 is 1.79 bits per heavy atom. The predicted octanol–water partition coefficient (Wildman–Crippen LogP) is 3.41. The molecule has 200 valence electrons. The van der Waals surface area contributed by atoms with Crippen LogP contribution in [0.1, 0.15) is 33.6 Å². The van der Waals surface area contributed by atoms with Gasteiger partial charge in [0, 0.05) is 29.9 Å². The summed E-state index contributed by atoms with van der Waals surface area (Å²) in [5.74, 6) is 0.935. The minimum absolute atomic E-state index is 0.0331. The summed E-state index contributed by atoms with van der Waals surface area (Å²) in [6.45, 7) is 1.05. The molecule has 1 aliphatic heterocycles. The van der Waals surface area contributed by atoms with Crippen LogP contribution >= 0.6 is 0 Å². The van der Waals surface area contributed by atoms with E-state index in [4.69, 9.17) is 19.2 Å². The molecule has 1 aliphatic carbocycles. The maximum atomic E-state index is 12.6. The van der Waals surface area contributed by atoms with E-state index in [0.29, 0.717) is 53.3 Å². The second-order valence-electron chi connectivity index (χ2n) is 9.50. The summed E-state index contributed by atoms with van der Waals surface area (Å²) in [6.07, 6.45) is 3.92. The molecule has 0 radical (unpaired) electrons. The Morgan fingerprint density at radius 1 is 1.03 bits per heavy atom. The fourth-order valence-electron chi connectivity index (χ4n) is 4.30. The summed E-state index contributed by atoms with van der Waals surface area (Å²) >= 11 is 0. The molecule has 11 nitrogen and oxygen atoms in total. The Hall–Kier alpha value is -4.64. The SMILES string of the molecule is CNC(=O)c1ccc(-c2c[nH]c3nc(Nc4ccc(C(=O)NC5COC5)cc4OC)nc(OC4CC4)c23)cc1. The second-order valence-corrected chi connectivity index (χ2v) is 9.50. The molecule has 2 aromatic carbocycles. The lowest BCUT2D eigenvalue weighted by Gasteiger charge is -2.26. The number of hydrogen-bond donors (Lipinski definition) is 4. The minimum atomic E-state index is -0.187. The number of H-pyrrole nitrogens is 1. The summed E-state index contributed by atoms with van der Waals surface area (Å²) in [4.78, 5) is 37.1. The summed E-state index contributed by atoms with van der Waals surface area (Å²) in [6, 6.07) is 12.5. The Balaban J connectivity index is 1.31. The van der Waals surface area contributed by atoms with E-state index in [2.05, 4.69) is 25.9 Å². The van der Waals surface area contributed by atoms with Gasteiger partial charge in [-0.1, -0.05) is 12.1 Å². The van der Waals surface area contributed by atoms with Gasteiger partial charge in [0.25, 0.3) is 11.8 Å². The van der Waals surface area contributed by atoms with Gasteiger partial charge in [0.05, 0.1) is 37.4 Å². The third-order valence-electron chi connectivity index (χ3n) is 6.67. The van der Waals surface area contributed by atoms with Crippen molar-refractivity contribution in [2.45, 2.75) is 25.0 Å². The van der Waals surface area contributed by atoms with Crippen molar-refractivity contribution in [3.8, 4) is 22.8 Å². The molecule has 2 aliphatic rings. The van der Waals surface area contributed by atoms with Crippen molar-refractivity contribution in [2.75, 3.05) is 32.7 Å². The number of amides is 2. The first-order valence-corrected chi connectivity index (χ1v) is 12.7. The van der Waals surface area contributed by atoms with Crippen molar-refractivity contribution in [3.05, 3.63) is 59.8 Å². The summed E-state index contributed by atoms with van der Waals surface area (Å²) in [5.41, 5.74) is 4.05. The van der Waals surface area contributed by atoms with Crippen LogP contribution in [0.4, 0.5) is 11.6 Å². The highest BCUT2D eigenvalue weighted by Gasteiger charge is 2.27. The van der Waals surface area contributed by atoms with E-state index in [0.717, 1.165) is 29.4 Å². The average Bonchev–Trinajstić information content (AvgIpc) is 3.65. The molecule has 0 bridgehead atoms. The second kappa shape index (κ2) is 10.3. The lowest BCUT2D eigenvalue weighted by atomic mass is 10.0. The summed E-state index contributed by atoms with van der Waals surface area (Å²) < 4.78 is 16.9. The molecule has 39 heavy (non-hydrogen) atoms. The number of benzene rings is 2. The highest BCUT2D eigenvalue weighted by atomic mass is 16.5. The van der Waals surface area contributed by atoms with Crippen LogP contribution < -0.4 is 25.4 Å². The van der Waals surface area contributed by atoms with E-state index in [1.165, 1.54) is 0 Å². The van der Waals surface area contributed by atoms with E-state index in [1.807, 2.05) is 18.3 Å². The van der Waals surface area contributed by atoms with Gasteiger partial charge in [0.2, 0.25) is 11.8 Å². The number of rotatable bonds is 9. The molecule has 2 fully saturated rings. The Kier molecular flexibility index (Phi) is 6.49. The third kappa shape index (κ3) is 5.08. The normalized spacial score (nSPS) is 14.9.